The molecule has 0 heterocycles. The Hall–Kier alpha value is -1.22. The zero-order chi connectivity index (χ0) is 10.7. The predicted molar refractivity (Wildman–Crippen MR) is 45.4 cm³/mol. The summed E-state index contributed by atoms with van der Waals surface area (Å²) in [6, 6.07) is 3.42. The van der Waals surface area contributed by atoms with Crippen molar-refractivity contribution in [2.75, 3.05) is 0 Å². The number of rotatable bonds is 2. The molecule has 1 aromatic rings. The van der Waals surface area contributed by atoms with Crippen LogP contribution in [-0.2, 0) is 0 Å². The van der Waals surface area contributed by atoms with Gasteiger partial charge in [0.15, 0.2) is 0 Å². The number of nitriles is 1. The summed E-state index contributed by atoms with van der Waals surface area (Å²) >= 11 is 2.86. The summed E-state index contributed by atoms with van der Waals surface area (Å²) in [7, 11) is 0. The van der Waals surface area contributed by atoms with Crippen LogP contribution in [0.1, 0.15) is 5.56 Å². The molecule has 0 atom stereocenters. The van der Waals surface area contributed by atoms with E-state index in [2.05, 4.69) is 20.7 Å². The lowest BCUT2D eigenvalue weighted by Crippen LogP contribution is -2.02. The SMILES string of the molecule is N#Cc1c(F)cc(OC(F)F)cc1Br. The fraction of sp³-hybridized carbons (Fsp3) is 0.125. The van der Waals surface area contributed by atoms with Crippen molar-refractivity contribution in [2.24, 2.45) is 0 Å². The van der Waals surface area contributed by atoms with E-state index in [4.69, 9.17) is 5.26 Å². The molecule has 0 radical (unpaired) electrons. The van der Waals surface area contributed by atoms with Crippen molar-refractivity contribution in [1.82, 2.24) is 0 Å². The van der Waals surface area contributed by atoms with Gasteiger partial charge in [-0.2, -0.15) is 14.0 Å². The van der Waals surface area contributed by atoms with Gasteiger partial charge in [-0.1, -0.05) is 0 Å². The van der Waals surface area contributed by atoms with Gasteiger partial charge in [-0.25, -0.2) is 4.39 Å². The van der Waals surface area contributed by atoms with Crippen molar-refractivity contribution < 1.29 is 17.9 Å². The molecule has 0 saturated carbocycles. The smallest absolute Gasteiger partial charge is 0.387 e. The highest BCUT2D eigenvalue weighted by Crippen LogP contribution is 2.26. The molecule has 0 spiro atoms. The zero-order valence-corrected chi connectivity index (χ0v) is 8.19. The molecule has 0 amide bonds. The normalized spacial score (nSPS) is 10.0. The molecule has 0 aromatic heterocycles. The maximum Gasteiger partial charge on any atom is 0.387 e. The molecule has 14 heavy (non-hydrogen) atoms. The number of benzene rings is 1. The van der Waals surface area contributed by atoms with Gasteiger partial charge in [0.1, 0.15) is 23.2 Å². The molecule has 1 rings (SSSR count). The number of hydrogen-bond acceptors (Lipinski definition) is 2. The van der Waals surface area contributed by atoms with E-state index in [0.29, 0.717) is 0 Å². The molecule has 0 N–H and O–H groups in total. The number of alkyl halides is 2. The second-order valence-electron chi connectivity index (χ2n) is 2.25. The summed E-state index contributed by atoms with van der Waals surface area (Å²) in [6.45, 7) is -3.02. The highest BCUT2D eigenvalue weighted by atomic mass is 79.9. The van der Waals surface area contributed by atoms with Gasteiger partial charge in [-0.15, -0.1) is 0 Å². The lowest BCUT2D eigenvalue weighted by atomic mass is 10.2. The molecule has 0 aliphatic rings. The summed E-state index contributed by atoms with van der Waals surface area (Å²) < 4.78 is 40.5. The molecule has 6 heteroatoms. The largest absolute Gasteiger partial charge is 0.435 e. The van der Waals surface area contributed by atoms with Crippen LogP contribution in [0.3, 0.4) is 0 Å². The Balaban J connectivity index is 3.09. The summed E-state index contributed by atoms with van der Waals surface area (Å²) in [5.41, 5.74) is -0.244. The maximum absolute atomic E-state index is 13.0. The minimum absolute atomic E-state index is 0.0793. The summed E-state index contributed by atoms with van der Waals surface area (Å²) in [4.78, 5) is 0. The van der Waals surface area contributed by atoms with Crippen LogP contribution in [0.15, 0.2) is 16.6 Å². The second kappa shape index (κ2) is 4.33. The number of hydrogen-bond donors (Lipinski definition) is 0. The average Bonchev–Trinajstić information content (AvgIpc) is 2.01. The highest BCUT2D eigenvalue weighted by molar-refractivity contribution is 9.10. The van der Waals surface area contributed by atoms with Gasteiger partial charge in [-0.3, -0.25) is 0 Å². The van der Waals surface area contributed by atoms with Crippen LogP contribution in [-0.4, -0.2) is 6.61 Å². The van der Waals surface area contributed by atoms with E-state index in [0.717, 1.165) is 12.1 Å². The van der Waals surface area contributed by atoms with Gasteiger partial charge in [0.2, 0.25) is 0 Å². The molecule has 1 aromatic carbocycles. The number of halogens is 4. The first-order chi connectivity index (χ1) is 6.54. The van der Waals surface area contributed by atoms with Crippen LogP contribution >= 0.6 is 15.9 Å². The van der Waals surface area contributed by atoms with Gasteiger partial charge in [0.25, 0.3) is 0 Å². The summed E-state index contributed by atoms with van der Waals surface area (Å²) in [5.74, 6) is -1.24. The Morgan fingerprint density at radius 3 is 2.50 bits per heavy atom. The van der Waals surface area contributed by atoms with Gasteiger partial charge >= 0.3 is 6.61 Å². The third-order valence-electron chi connectivity index (χ3n) is 1.35. The molecular weight excluding hydrogens is 263 g/mol. The van der Waals surface area contributed by atoms with Crippen molar-refractivity contribution in [2.45, 2.75) is 6.61 Å². The standard InChI is InChI=1S/C8H3BrF3NO/c9-6-1-4(14-8(11)12)2-7(10)5(6)3-13/h1-2,8H. The van der Waals surface area contributed by atoms with Crippen LogP contribution in [0.4, 0.5) is 13.2 Å². The van der Waals surface area contributed by atoms with Crippen LogP contribution < -0.4 is 4.74 Å². The fourth-order valence-electron chi connectivity index (χ4n) is 0.828. The Morgan fingerprint density at radius 1 is 1.43 bits per heavy atom. The van der Waals surface area contributed by atoms with E-state index in [1.807, 2.05) is 0 Å². The van der Waals surface area contributed by atoms with Gasteiger partial charge in [0, 0.05) is 10.5 Å². The number of ether oxygens (including phenoxy) is 1. The maximum atomic E-state index is 13.0. The molecular formula is C8H3BrF3NO. The first-order valence-electron chi connectivity index (χ1n) is 3.38. The monoisotopic (exact) mass is 265 g/mol. The van der Waals surface area contributed by atoms with E-state index >= 15 is 0 Å². The predicted octanol–water partition coefficient (Wildman–Crippen LogP) is 3.06. The number of nitrogens with zero attached hydrogens (tertiary/aromatic N) is 1. The zero-order valence-electron chi connectivity index (χ0n) is 6.60. The van der Waals surface area contributed by atoms with E-state index in [-0.39, 0.29) is 15.8 Å². The Kier molecular flexibility index (Phi) is 3.36. The Labute approximate surface area is 86.0 Å². The van der Waals surface area contributed by atoms with Crippen molar-refractivity contribution >= 4 is 15.9 Å². The van der Waals surface area contributed by atoms with Crippen molar-refractivity contribution in [3.8, 4) is 11.8 Å². The molecule has 0 unspecified atom stereocenters. The van der Waals surface area contributed by atoms with E-state index in [1.165, 1.54) is 0 Å². The van der Waals surface area contributed by atoms with Gasteiger partial charge in [0.05, 0.1) is 0 Å². The topological polar surface area (TPSA) is 33.0 Å². The second-order valence-corrected chi connectivity index (χ2v) is 3.11. The molecule has 74 valence electrons. The van der Waals surface area contributed by atoms with E-state index in [9.17, 15) is 13.2 Å². The van der Waals surface area contributed by atoms with Crippen LogP contribution in [0.2, 0.25) is 0 Å². The molecule has 0 aliphatic heterocycles. The third-order valence-corrected chi connectivity index (χ3v) is 1.98. The van der Waals surface area contributed by atoms with Crippen LogP contribution in [0.5, 0.6) is 5.75 Å². The minimum Gasteiger partial charge on any atom is -0.435 e. The Morgan fingerprint density at radius 2 is 2.07 bits per heavy atom. The first kappa shape index (κ1) is 10.9. The van der Waals surface area contributed by atoms with Crippen molar-refractivity contribution in [3.05, 3.63) is 28.0 Å². The molecule has 0 aliphatic carbocycles. The van der Waals surface area contributed by atoms with Gasteiger partial charge in [-0.05, 0) is 22.0 Å². The summed E-state index contributed by atoms with van der Waals surface area (Å²) in [5, 5.41) is 8.46. The molecule has 0 bridgehead atoms. The average molecular weight is 266 g/mol. The fourth-order valence-corrected chi connectivity index (χ4v) is 1.33. The molecule has 0 fully saturated rings. The third kappa shape index (κ3) is 2.39. The lowest BCUT2D eigenvalue weighted by Gasteiger charge is -2.05. The van der Waals surface area contributed by atoms with Crippen molar-refractivity contribution in [3.63, 3.8) is 0 Å². The molecule has 2 nitrogen and oxygen atoms in total. The first-order valence-corrected chi connectivity index (χ1v) is 4.18. The van der Waals surface area contributed by atoms with Crippen LogP contribution in [0.25, 0.3) is 0 Å². The minimum atomic E-state index is -3.02. The van der Waals surface area contributed by atoms with Gasteiger partial charge < -0.3 is 4.74 Å². The van der Waals surface area contributed by atoms with E-state index < -0.39 is 12.4 Å². The highest BCUT2D eigenvalue weighted by Gasteiger charge is 2.11. The lowest BCUT2D eigenvalue weighted by molar-refractivity contribution is -0.0500. The Bertz CT molecular complexity index is 366. The summed E-state index contributed by atoms with van der Waals surface area (Å²) in [6.07, 6.45) is 0. The quantitative estimate of drug-likeness (QED) is 0.824. The van der Waals surface area contributed by atoms with Crippen molar-refractivity contribution in [1.29, 1.82) is 5.26 Å². The molecule has 0 saturated heterocycles. The van der Waals surface area contributed by atoms with E-state index in [1.54, 1.807) is 6.07 Å². The van der Waals surface area contributed by atoms with Crippen LogP contribution in [0, 0.1) is 17.1 Å².